The number of aliphatic hydroxyl groups excluding tert-OH is 1. The molecule has 2 rings (SSSR count). The minimum absolute atomic E-state index is 0.126. The van der Waals surface area contributed by atoms with E-state index in [0.717, 1.165) is 11.3 Å². The Morgan fingerprint density at radius 2 is 1.74 bits per heavy atom. The molecule has 0 aliphatic carbocycles. The molecule has 0 aliphatic rings. The van der Waals surface area contributed by atoms with Crippen LogP contribution in [0.4, 0.5) is 16.2 Å². The fourth-order valence-electron chi connectivity index (χ4n) is 2.01. The van der Waals surface area contributed by atoms with Crippen LogP contribution in [0.5, 0.6) is 0 Å². The summed E-state index contributed by atoms with van der Waals surface area (Å²) in [7, 11) is 3.90. The lowest BCUT2D eigenvalue weighted by Gasteiger charge is -2.16. The van der Waals surface area contributed by atoms with E-state index in [1.165, 1.54) is 0 Å². The Balaban J connectivity index is 1.84. The van der Waals surface area contributed by atoms with E-state index in [9.17, 15) is 9.90 Å². The molecule has 1 atom stereocenters. The van der Waals surface area contributed by atoms with E-state index in [1.807, 2.05) is 43.3 Å². The Morgan fingerprint density at radius 1 is 1.13 bits per heavy atom. The molecule has 0 fully saturated rings. The summed E-state index contributed by atoms with van der Waals surface area (Å²) in [6, 6.07) is 14.0. The summed E-state index contributed by atoms with van der Waals surface area (Å²) < 4.78 is 0. The molecule has 0 aliphatic heterocycles. The summed E-state index contributed by atoms with van der Waals surface area (Å²) in [5.41, 5.74) is 2.44. The van der Waals surface area contributed by atoms with Crippen molar-refractivity contribution in [2.45, 2.75) is 6.10 Å². The molecule has 6 heteroatoms. The van der Waals surface area contributed by atoms with Crippen LogP contribution in [0.2, 0.25) is 5.02 Å². The maximum atomic E-state index is 11.8. The van der Waals surface area contributed by atoms with Crippen molar-refractivity contribution in [1.29, 1.82) is 0 Å². The van der Waals surface area contributed by atoms with Gasteiger partial charge in [-0.3, -0.25) is 0 Å². The lowest BCUT2D eigenvalue weighted by molar-refractivity contribution is 0.175. The van der Waals surface area contributed by atoms with Gasteiger partial charge in [0, 0.05) is 37.0 Å². The minimum Gasteiger partial charge on any atom is -0.387 e. The maximum absolute atomic E-state index is 11.8. The lowest BCUT2D eigenvalue weighted by atomic mass is 10.1. The number of urea groups is 1. The number of hydrogen-bond donors (Lipinski definition) is 3. The lowest BCUT2D eigenvalue weighted by Crippen LogP contribution is -2.32. The average molecular weight is 334 g/mol. The van der Waals surface area contributed by atoms with Gasteiger partial charge < -0.3 is 20.6 Å². The van der Waals surface area contributed by atoms with Gasteiger partial charge in [0.15, 0.2) is 0 Å². The van der Waals surface area contributed by atoms with Gasteiger partial charge in [0.2, 0.25) is 0 Å². The quantitative estimate of drug-likeness (QED) is 0.787. The highest BCUT2D eigenvalue weighted by atomic mass is 35.5. The summed E-state index contributed by atoms with van der Waals surface area (Å²) in [5.74, 6) is 0. The monoisotopic (exact) mass is 333 g/mol. The van der Waals surface area contributed by atoms with Gasteiger partial charge in [0.25, 0.3) is 0 Å². The van der Waals surface area contributed by atoms with Crippen molar-refractivity contribution < 1.29 is 9.90 Å². The molecule has 23 heavy (non-hydrogen) atoms. The molecule has 5 nitrogen and oxygen atoms in total. The topological polar surface area (TPSA) is 64.6 Å². The number of carbonyl (C=O) groups is 1. The average Bonchev–Trinajstić information content (AvgIpc) is 2.55. The number of nitrogens with one attached hydrogen (secondary N) is 2. The zero-order valence-corrected chi connectivity index (χ0v) is 13.8. The summed E-state index contributed by atoms with van der Waals surface area (Å²) in [5, 5.41) is 16.0. The maximum Gasteiger partial charge on any atom is 0.319 e. The van der Waals surface area contributed by atoms with E-state index < -0.39 is 6.10 Å². The number of nitrogens with zero attached hydrogens (tertiary/aromatic N) is 1. The van der Waals surface area contributed by atoms with E-state index in [2.05, 4.69) is 10.6 Å². The summed E-state index contributed by atoms with van der Waals surface area (Å²) in [6.45, 7) is 0.126. The first-order chi connectivity index (χ1) is 11.0. The van der Waals surface area contributed by atoms with Crippen molar-refractivity contribution in [3.05, 3.63) is 59.1 Å². The van der Waals surface area contributed by atoms with Crippen LogP contribution in [0.1, 0.15) is 11.7 Å². The van der Waals surface area contributed by atoms with Crippen molar-refractivity contribution in [1.82, 2.24) is 5.32 Å². The molecule has 1 unspecified atom stereocenters. The highest BCUT2D eigenvalue weighted by Gasteiger charge is 2.10. The Morgan fingerprint density at radius 3 is 2.30 bits per heavy atom. The third-order valence-electron chi connectivity index (χ3n) is 3.35. The van der Waals surface area contributed by atoms with Crippen LogP contribution in [0, 0.1) is 0 Å². The van der Waals surface area contributed by atoms with Gasteiger partial charge in [0.05, 0.1) is 6.10 Å². The second kappa shape index (κ2) is 7.85. The number of hydrogen-bond acceptors (Lipinski definition) is 3. The molecule has 0 spiro atoms. The van der Waals surface area contributed by atoms with E-state index in [1.54, 1.807) is 24.3 Å². The van der Waals surface area contributed by atoms with Crippen LogP contribution in [-0.2, 0) is 0 Å². The van der Waals surface area contributed by atoms with Crippen molar-refractivity contribution in [3.63, 3.8) is 0 Å². The van der Waals surface area contributed by atoms with E-state index >= 15 is 0 Å². The summed E-state index contributed by atoms with van der Waals surface area (Å²) in [6.07, 6.45) is -0.762. The molecule has 0 saturated carbocycles. The van der Waals surface area contributed by atoms with Gasteiger partial charge in [-0.05, 0) is 42.0 Å². The second-order valence-electron chi connectivity index (χ2n) is 5.34. The molecule has 2 aromatic carbocycles. The van der Waals surface area contributed by atoms with Gasteiger partial charge in [-0.1, -0.05) is 23.7 Å². The third kappa shape index (κ3) is 5.16. The number of rotatable bonds is 5. The zero-order chi connectivity index (χ0) is 16.8. The second-order valence-corrected chi connectivity index (χ2v) is 5.78. The van der Waals surface area contributed by atoms with Gasteiger partial charge in [-0.25, -0.2) is 4.79 Å². The van der Waals surface area contributed by atoms with Crippen LogP contribution in [0.25, 0.3) is 0 Å². The van der Waals surface area contributed by atoms with Gasteiger partial charge in [-0.15, -0.1) is 0 Å². The third-order valence-corrected chi connectivity index (χ3v) is 3.60. The largest absolute Gasteiger partial charge is 0.387 e. The zero-order valence-electron chi connectivity index (χ0n) is 13.1. The van der Waals surface area contributed by atoms with Crippen molar-refractivity contribution in [2.75, 3.05) is 30.9 Å². The SMILES string of the molecule is CN(C)c1ccc(C(O)CNC(=O)Nc2ccc(Cl)cc2)cc1. The molecule has 2 amide bonds. The first-order valence-corrected chi connectivity index (χ1v) is 7.59. The van der Waals surface area contributed by atoms with E-state index in [4.69, 9.17) is 11.6 Å². The number of carbonyl (C=O) groups excluding carboxylic acids is 1. The van der Waals surface area contributed by atoms with Crippen LogP contribution in [0.15, 0.2) is 48.5 Å². The highest BCUT2D eigenvalue weighted by Crippen LogP contribution is 2.17. The van der Waals surface area contributed by atoms with E-state index in [-0.39, 0.29) is 12.6 Å². The fraction of sp³-hybridized carbons (Fsp3) is 0.235. The number of halogens is 1. The van der Waals surface area contributed by atoms with Crippen molar-refractivity contribution in [2.24, 2.45) is 0 Å². The molecule has 2 aromatic rings. The molecule has 0 aromatic heterocycles. The normalized spacial score (nSPS) is 11.7. The van der Waals surface area contributed by atoms with Gasteiger partial charge in [-0.2, -0.15) is 0 Å². The van der Waals surface area contributed by atoms with Crippen molar-refractivity contribution in [3.8, 4) is 0 Å². The number of aliphatic hydroxyl groups is 1. The Labute approximate surface area is 140 Å². The molecular formula is C17H20ClN3O2. The minimum atomic E-state index is -0.762. The smallest absolute Gasteiger partial charge is 0.319 e. The van der Waals surface area contributed by atoms with Crippen LogP contribution in [-0.4, -0.2) is 31.8 Å². The van der Waals surface area contributed by atoms with E-state index in [0.29, 0.717) is 10.7 Å². The first kappa shape index (κ1) is 17.1. The first-order valence-electron chi connectivity index (χ1n) is 7.21. The van der Waals surface area contributed by atoms with Crippen LogP contribution >= 0.6 is 11.6 Å². The predicted octanol–water partition coefficient (Wildman–Crippen LogP) is 3.26. The van der Waals surface area contributed by atoms with Crippen molar-refractivity contribution >= 4 is 29.0 Å². The summed E-state index contributed by atoms with van der Waals surface area (Å²) in [4.78, 5) is 13.8. The Hall–Kier alpha value is -2.24. The molecular weight excluding hydrogens is 314 g/mol. The fourth-order valence-corrected chi connectivity index (χ4v) is 2.14. The molecule has 0 saturated heterocycles. The molecule has 122 valence electrons. The number of anilines is 2. The van der Waals surface area contributed by atoms with Gasteiger partial charge >= 0.3 is 6.03 Å². The summed E-state index contributed by atoms with van der Waals surface area (Å²) >= 11 is 5.78. The molecule has 3 N–H and O–H groups in total. The number of amides is 2. The van der Waals surface area contributed by atoms with Gasteiger partial charge in [0.1, 0.15) is 0 Å². The van der Waals surface area contributed by atoms with Crippen LogP contribution < -0.4 is 15.5 Å². The Kier molecular flexibility index (Phi) is 5.84. The van der Waals surface area contributed by atoms with Crippen LogP contribution in [0.3, 0.4) is 0 Å². The molecule has 0 radical (unpaired) electrons. The predicted molar refractivity (Wildman–Crippen MR) is 94.2 cm³/mol. The molecule has 0 heterocycles. The number of benzene rings is 2. The molecule has 0 bridgehead atoms. The Bertz CT molecular complexity index is 642. The highest BCUT2D eigenvalue weighted by molar-refractivity contribution is 6.30. The standard InChI is InChI=1S/C17H20ClN3O2/c1-21(2)15-9-3-12(4-10-15)16(22)11-19-17(23)20-14-7-5-13(18)6-8-14/h3-10,16,22H,11H2,1-2H3,(H2,19,20,23).